The first kappa shape index (κ1) is 7.72. The molecule has 0 rings (SSSR count). The van der Waals surface area contributed by atoms with E-state index in [1.807, 2.05) is 0 Å². The average Bonchev–Trinajstić information content (AvgIpc) is 1.67. The summed E-state index contributed by atoms with van der Waals surface area (Å²) in [5.41, 5.74) is 0. The second kappa shape index (κ2) is 2.33. The summed E-state index contributed by atoms with van der Waals surface area (Å²) < 4.78 is 0. The minimum absolute atomic E-state index is 0.00386. The van der Waals surface area contributed by atoms with Crippen molar-refractivity contribution in [3.8, 4) is 0 Å². The lowest BCUT2D eigenvalue weighted by Crippen LogP contribution is -2.30. The van der Waals surface area contributed by atoms with Crippen LogP contribution in [-0.2, 0) is 4.79 Å². The van der Waals surface area contributed by atoms with Gasteiger partial charge in [-0.2, -0.15) is 0 Å². The number of aliphatic carboxylic acids is 1. The summed E-state index contributed by atoms with van der Waals surface area (Å²) in [4.78, 5) is 9.87. The Morgan fingerprint density at radius 2 is 2.25 bits per heavy atom. The largest absolute Gasteiger partial charge is 0.478 e. The van der Waals surface area contributed by atoms with E-state index >= 15 is 0 Å². The van der Waals surface area contributed by atoms with Gasteiger partial charge in [0.1, 0.15) is 0 Å². The van der Waals surface area contributed by atoms with E-state index in [4.69, 9.17) is 21.8 Å². The van der Waals surface area contributed by atoms with E-state index in [0.717, 1.165) is 0 Å². The molecule has 0 aromatic heterocycles. The lowest BCUT2D eigenvalue weighted by molar-refractivity contribution is -0.150. The molecule has 0 aromatic carbocycles. The van der Waals surface area contributed by atoms with Crippen LogP contribution >= 0.6 is 11.6 Å². The Balaban J connectivity index is 3.91. The molecule has 0 radical (unpaired) electrons. The summed E-state index contributed by atoms with van der Waals surface area (Å²) in [7, 11) is 0. The van der Waals surface area contributed by atoms with Gasteiger partial charge >= 0.3 is 5.97 Å². The monoisotopic (exact) mass is 138 g/mol. The molecule has 0 aromatic rings. The quantitative estimate of drug-likeness (QED) is 0.544. The predicted octanol–water partition coefficient (Wildman–Crippen LogP) is 0.408. The van der Waals surface area contributed by atoms with Crippen molar-refractivity contribution in [3.63, 3.8) is 0 Å². The Bertz CT molecular complexity index is 99.5. The number of carbonyl (C=O) groups is 1. The van der Waals surface area contributed by atoms with Crippen LogP contribution < -0.4 is 0 Å². The lowest BCUT2D eigenvalue weighted by Gasteiger charge is -2.10. The van der Waals surface area contributed by atoms with E-state index in [-0.39, 0.29) is 6.42 Å². The summed E-state index contributed by atoms with van der Waals surface area (Å²) >= 11 is 5.01. The van der Waals surface area contributed by atoms with Crippen LogP contribution in [-0.4, -0.2) is 21.2 Å². The molecule has 1 unspecified atom stereocenters. The molecule has 0 heterocycles. The molecule has 0 bridgehead atoms. The van der Waals surface area contributed by atoms with Gasteiger partial charge in [0.2, 0.25) is 5.06 Å². The van der Waals surface area contributed by atoms with Gasteiger partial charge in [0.15, 0.2) is 0 Å². The Labute approximate surface area is 51.9 Å². The summed E-state index contributed by atoms with van der Waals surface area (Å²) in [6, 6.07) is 0. The first-order valence-electron chi connectivity index (χ1n) is 2.15. The van der Waals surface area contributed by atoms with Crippen molar-refractivity contribution in [2.45, 2.75) is 18.4 Å². The fourth-order valence-electron chi connectivity index (χ4n) is 0.151. The zero-order valence-electron chi connectivity index (χ0n) is 4.39. The number of aliphatic hydroxyl groups is 1. The topological polar surface area (TPSA) is 57.5 Å². The van der Waals surface area contributed by atoms with Crippen molar-refractivity contribution in [2.75, 3.05) is 0 Å². The van der Waals surface area contributed by atoms with Gasteiger partial charge in [0, 0.05) is 0 Å². The fourth-order valence-corrected chi connectivity index (χ4v) is 0.151. The molecule has 1 atom stereocenters. The van der Waals surface area contributed by atoms with Gasteiger partial charge in [0.05, 0.1) is 0 Å². The molecule has 0 spiro atoms. The number of carboxylic acid groups (broad SMARTS) is 1. The molecule has 4 heteroatoms. The molecule has 0 amide bonds. The van der Waals surface area contributed by atoms with E-state index in [0.29, 0.717) is 0 Å². The maximum absolute atomic E-state index is 9.87. The van der Waals surface area contributed by atoms with Crippen LogP contribution in [0.1, 0.15) is 13.3 Å². The predicted molar refractivity (Wildman–Crippen MR) is 28.7 cm³/mol. The Kier molecular flexibility index (Phi) is 2.25. The van der Waals surface area contributed by atoms with Gasteiger partial charge in [0.25, 0.3) is 0 Å². The van der Waals surface area contributed by atoms with Crippen molar-refractivity contribution in [2.24, 2.45) is 0 Å². The van der Waals surface area contributed by atoms with Crippen molar-refractivity contribution < 1.29 is 15.0 Å². The van der Waals surface area contributed by atoms with Gasteiger partial charge in [-0.15, -0.1) is 0 Å². The van der Waals surface area contributed by atoms with Crippen LogP contribution in [0.25, 0.3) is 0 Å². The SMILES string of the molecule is CCC(O)(Cl)C(=O)O. The number of carboxylic acids is 1. The standard InChI is InChI=1S/C4H7ClO3/c1-2-4(5,8)3(6)7/h8H,2H2,1H3,(H,6,7). The molecular formula is C4H7ClO3. The van der Waals surface area contributed by atoms with Gasteiger partial charge in [-0.25, -0.2) is 4.79 Å². The van der Waals surface area contributed by atoms with Gasteiger partial charge in [-0.3, -0.25) is 0 Å². The van der Waals surface area contributed by atoms with E-state index < -0.39 is 11.0 Å². The Hall–Kier alpha value is -0.280. The number of hydrogen-bond acceptors (Lipinski definition) is 2. The molecule has 0 saturated carbocycles. The molecule has 8 heavy (non-hydrogen) atoms. The summed E-state index contributed by atoms with van der Waals surface area (Å²) in [6.45, 7) is 1.49. The highest BCUT2D eigenvalue weighted by molar-refractivity contribution is 6.32. The number of rotatable bonds is 2. The summed E-state index contributed by atoms with van der Waals surface area (Å²) in [5.74, 6) is -1.40. The second-order valence-electron chi connectivity index (χ2n) is 1.42. The molecule has 3 nitrogen and oxygen atoms in total. The van der Waals surface area contributed by atoms with E-state index in [2.05, 4.69) is 0 Å². The number of halogens is 1. The van der Waals surface area contributed by atoms with E-state index in [9.17, 15) is 4.79 Å². The van der Waals surface area contributed by atoms with Crippen molar-refractivity contribution in [1.29, 1.82) is 0 Å². The minimum Gasteiger partial charge on any atom is -0.478 e. The molecule has 0 aliphatic carbocycles. The third-order valence-electron chi connectivity index (χ3n) is 0.796. The van der Waals surface area contributed by atoms with E-state index in [1.165, 1.54) is 6.92 Å². The Morgan fingerprint density at radius 1 is 1.88 bits per heavy atom. The van der Waals surface area contributed by atoms with Gasteiger partial charge in [-0.05, 0) is 6.42 Å². The third kappa shape index (κ3) is 1.68. The van der Waals surface area contributed by atoms with Gasteiger partial charge < -0.3 is 10.2 Å². The minimum atomic E-state index is -2.07. The van der Waals surface area contributed by atoms with Crippen LogP contribution in [0.3, 0.4) is 0 Å². The first-order valence-corrected chi connectivity index (χ1v) is 2.53. The zero-order valence-corrected chi connectivity index (χ0v) is 5.14. The lowest BCUT2D eigenvalue weighted by atomic mass is 10.3. The van der Waals surface area contributed by atoms with Crippen molar-refractivity contribution >= 4 is 17.6 Å². The number of hydrogen-bond donors (Lipinski definition) is 2. The second-order valence-corrected chi connectivity index (χ2v) is 2.04. The maximum Gasteiger partial charge on any atom is 0.351 e. The normalized spacial score (nSPS) is 17.4. The van der Waals surface area contributed by atoms with Crippen molar-refractivity contribution in [3.05, 3.63) is 0 Å². The highest BCUT2D eigenvalue weighted by atomic mass is 35.5. The molecule has 0 fully saturated rings. The zero-order chi connectivity index (χ0) is 6.78. The van der Waals surface area contributed by atoms with Crippen LogP contribution in [0.2, 0.25) is 0 Å². The smallest absolute Gasteiger partial charge is 0.351 e. The summed E-state index contributed by atoms with van der Waals surface area (Å²) in [5, 5.41) is 14.6. The Morgan fingerprint density at radius 3 is 2.25 bits per heavy atom. The molecule has 0 aliphatic rings. The van der Waals surface area contributed by atoms with Crippen LogP contribution in [0.15, 0.2) is 0 Å². The van der Waals surface area contributed by atoms with Crippen LogP contribution in [0.4, 0.5) is 0 Å². The third-order valence-corrected chi connectivity index (χ3v) is 1.23. The molecule has 48 valence electrons. The molecular weight excluding hydrogens is 131 g/mol. The molecule has 0 saturated heterocycles. The van der Waals surface area contributed by atoms with Crippen LogP contribution in [0, 0.1) is 0 Å². The summed E-state index contributed by atoms with van der Waals surface area (Å²) in [6.07, 6.45) is 0.00386. The molecule has 2 N–H and O–H groups in total. The van der Waals surface area contributed by atoms with Gasteiger partial charge in [-0.1, -0.05) is 18.5 Å². The maximum atomic E-state index is 9.87. The van der Waals surface area contributed by atoms with E-state index in [1.54, 1.807) is 0 Å². The van der Waals surface area contributed by atoms with Crippen LogP contribution in [0.5, 0.6) is 0 Å². The highest BCUT2D eigenvalue weighted by Gasteiger charge is 2.30. The fraction of sp³-hybridized carbons (Fsp3) is 0.750. The molecule has 0 aliphatic heterocycles. The average molecular weight is 139 g/mol. The number of alkyl halides is 1. The first-order chi connectivity index (χ1) is 3.50. The highest BCUT2D eigenvalue weighted by Crippen LogP contribution is 2.14. The van der Waals surface area contributed by atoms with Crippen molar-refractivity contribution in [1.82, 2.24) is 0 Å².